The molecule has 2 atom stereocenters. The number of carbonyl (C=O) groups is 2. The normalized spacial score (nSPS) is 14.8. The van der Waals surface area contributed by atoms with Gasteiger partial charge < -0.3 is 9.84 Å². The molecule has 0 aliphatic carbocycles. The minimum Gasteiger partial charge on any atom is -0.464 e. The Hall–Kier alpha value is -0.900. The van der Waals surface area contributed by atoms with E-state index in [0.717, 1.165) is 0 Å². The van der Waals surface area contributed by atoms with E-state index < -0.39 is 18.0 Å². The fourth-order valence-corrected chi connectivity index (χ4v) is 0.930. The largest absolute Gasteiger partial charge is 0.464 e. The molecule has 0 aliphatic rings. The van der Waals surface area contributed by atoms with Gasteiger partial charge in [0.2, 0.25) is 0 Å². The summed E-state index contributed by atoms with van der Waals surface area (Å²) in [7, 11) is 0. The van der Waals surface area contributed by atoms with Gasteiger partial charge in [-0.15, -0.1) is 0 Å². The van der Waals surface area contributed by atoms with Gasteiger partial charge in [-0.3, -0.25) is 4.79 Å². The van der Waals surface area contributed by atoms with Crippen LogP contribution in [0.3, 0.4) is 0 Å². The summed E-state index contributed by atoms with van der Waals surface area (Å²) in [5, 5.41) is 9.32. The Balaban J connectivity index is 4.16. The second kappa shape index (κ2) is 5.70. The molecule has 0 amide bonds. The highest BCUT2D eigenvalue weighted by Crippen LogP contribution is 2.08. The van der Waals surface area contributed by atoms with Crippen molar-refractivity contribution in [2.24, 2.45) is 5.92 Å². The van der Waals surface area contributed by atoms with E-state index in [2.05, 4.69) is 4.74 Å². The van der Waals surface area contributed by atoms with Crippen LogP contribution in [0.5, 0.6) is 0 Å². The molecular weight excluding hydrogens is 172 g/mol. The average Bonchev–Trinajstić information content (AvgIpc) is 2.14. The molecule has 4 heteroatoms. The van der Waals surface area contributed by atoms with Crippen molar-refractivity contribution < 1.29 is 19.4 Å². The minimum absolute atomic E-state index is 0.138. The second-order valence-corrected chi connectivity index (χ2v) is 2.81. The fraction of sp³-hybridized carbons (Fsp3) is 0.778. The maximum absolute atomic E-state index is 11.1. The zero-order valence-electron chi connectivity index (χ0n) is 8.24. The maximum atomic E-state index is 11.1. The molecule has 76 valence electrons. The van der Waals surface area contributed by atoms with Gasteiger partial charge in [-0.25, -0.2) is 4.79 Å². The molecule has 0 aromatic heterocycles. The number of Topliss-reactive ketones (excluding diaryl/α,β-unsaturated/α-hetero) is 1. The Bertz CT molecular complexity index is 188. The summed E-state index contributed by atoms with van der Waals surface area (Å²) in [6, 6.07) is 0. The lowest BCUT2D eigenvalue weighted by Crippen LogP contribution is -2.34. The van der Waals surface area contributed by atoms with Crippen LogP contribution in [0.4, 0.5) is 0 Å². The van der Waals surface area contributed by atoms with Gasteiger partial charge in [0.05, 0.1) is 12.5 Å². The lowest BCUT2D eigenvalue weighted by molar-refractivity contribution is -0.158. The molecule has 0 spiro atoms. The standard InChI is InChI=1S/C9H16O4/c1-4-7(10)6(3)8(11)9(12)13-5-2/h6,8,11H,4-5H2,1-3H3/t6-,8+/m0/s1. The number of carbonyl (C=O) groups excluding carboxylic acids is 2. The van der Waals surface area contributed by atoms with Gasteiger partial charge in [0.15, 0.2) is 6.10 Å². The van der Waals surface area contributed by atoms with Crippen molar-refractivity contribution in [3.05, 3.63) is 0 Å². The summed E-state index contributed by atoms with van der Waals surface area (Å²) in [5.41, 5.74) is 0. The van der Waals surface area contributed by atoms with Crippen LogP contribution < -0.4 is 0 Å². The Morgan fingerprint density at radius 3 is 2.31 bits per heavy atom. The van der Waals surface area contributed by atoms with Crippen LogP contribution in [0.15, 0.2) is 0 Å². The molecule has 0 bridgehead atoms. The van der Waals surface area contributed by atoms with Crippen LogP contribution in [-0.2, 0) is 14.3 Å². The van der Waals surface area contributed by atoms with Crippen LogP contribution in [0.25, 0.3) is 0 Å². The Morgan fingerprint density at radius 2 is 1.92 bits per heavy atom. The van der Waals surface area contributed by atoms with Gasteiger partial charge in [-0.05, 0) is 6.92 Å². The predicted molar refractivity (Wildman–Crippen MR) is 47.1 cm³/mol. The molecule has 4 nitrogen and oxygen atoms in total. The lowest BCUT2D eigenvalue weighted by Gasteiger charge is -2.15. The third-order valence-electron chi connectivity index (χ3n) is 1.86. The Labute approximate surface area is 77.9 Å². The molecule has 0 saturated carbocycles. The number of ether oxygens (including phenoxy) is 1. The predicted octanol–water partition coefficient (Wildman–Crippen LogP) is 0.526. The first-order chi connectivity index (χ1) is 6.04. The molecule has 0 saturated heterocycles. The van der Waals surface area contributed by atoms with Crippen LogP contribution in [0, 0.1) is 5.92 Å². The summed E-state index contributed by atoms with van der Waals surface area (Å²) in [5.74, 6) is -1.54. The van der Waals surface area contributed by atoms with E-state index in [-0.39, 0.29) is 12.4 Å². The Kier molecular flexibility index (Phi) is 5.30. The minimum atomic E-state index is -1.33. The first-order valence-electron chi connectivity index (χ1n) is 4.42. The van der Waals surface area contributed by atoms with Crippen LogP contribution in [0.2, 0.25) is 0 Å². The fourth-order valence-electron chi connectivity index (χ4n) is 0.930. The van der Waals surface area contributed by atoms with E-state index in [4.69, 9.17) is 0 Å². The third-order valence-corrected chi connectivity index (χ3v) is 1.86. The summed E-state index contributed by atoms with van der Waals surface area (Å²) in [6.07, 6.45) is -1.01. The van der Waals surface area contributed by atoms with Gasteiger partial charge in [0.1, 0.15) is 5.78 Å². The van der Waals surface area contributed by atoms with E-state index in [1.54, 1.807) is 13.8 Å². The van der Waals surface area contributed by atoms with E-state index in [1.165, 1.54) is 6.92 Å². The summed E-state index contributed by atoms with van der Waals surface area (Å²) in [6.45, 7) is 5.07. The van der Waals surface area contributed by atoms with Gasteiger partial charge in [-0.2, -0.15) is 0 Å². The molecule has 0 aromatic rings. The third kappa shape index (κ3) is 3.55. The molecule has 0 unspecified atom stereocenters. The highest BCUT2D eigenvalue weighted by molar-refractivity contribution is 5.87. The van der Waals surface area contributed by atoms with Crippen LogP contribution in [0.1, 0.15) is 27.2 Å². The molecule has 1 N–H and O–H groups in total. The number of aliphatic hydroxyl groups excluding tert-OH is 1. The summed E-state index contributed by atoms with van der Waals surface area (Å²) in [4.78, 5) is 22.1. The van der Waals surface area contributed by atoms with Crippen molar-refractivity contribution in [1.29, 1.82) is 0 Å². The van der Waals surface area contributed by atoms with E-state index >= 15 is 0 Å². The second-order valence-electron chi connectivity index (χ2n) is 2.81. The van der Waals surface area contributed by atoms with Crippen LogP contribution in [-0.4, -0.2) is 29.6 Å². The molecule has 0 heterocycles. The number of ketones is 1. The number of esters is 1. The van der Waals surface area contributed by atoms with E-state index in [9.17, 15) is 14.7 Å². The number of hydrogen-bond acceptors (Lipinski definition) is 4. The van der Waals surface area contributed by atoms with Crippen molar-refractivity contribution in [2.75, 3.05) is 6.61 Å². The number of rotatable bonds is 5. The van der Waals surface area contributed by atoms with Crippen molar-refractivity contribution >= 4 is 11.8 Å². The number of hydrogen-bond donors (Lipinski definition) is 1. The molecule has 0 aromatic carbocycles. The van der Waals surface area contributed by atoms with Crippen molar-refractivity contribution in [1.82, 2.24) is 0 Å². The molecule has 0 aliphatic heterocycles. The van der Waals surface area contributed by atoms with Gasteiger partial charge >= 0.3 is 5.97 Å². The van der Waals surface area contributed by atoms with E-state index in [1.807, 2.05) is 0 Å². The summed E-state index contributed by atoms with van der Waals surface area (Å²) < 4.78 is 4.58. The molecule has 13 heavy (non-hydrogen) atoms. The molecular formula is C9H16O4. The first kappa shape index (κ1) is 12.1. The van der Waals surface area contributed by atoms with Gasteiger partial charge in [0, 0.05) is 6.42 Å². The van der Waals surface area contributed by atoms with Gasteiger partial charge in [0.25, 0.3) is 0 Å². The van der Waals surface area contributed by atoms with Crippen molar-refractivity contribution in [2.45, 2.75) is 33.3 Å². The maximum Gasteiger partial charge on any atom is 0.335 e. The SMILES string of the molecule is CCOC(=O)[C@H](O)[C@@H](C)C(=O)CC. The van der Waals surface area contributed by atoms with Crippen molar-refractivity contribution in [3.8, 4) is 0 Å². The first-order valence-corrected chi connectivity index (χ1v) is 4.42. The zero-order valence-corrected chi connectivity index (χ0v) is 8.24. The monoisotopic (exact) mass is 188 g/mol. The zero-order chi connectivity index (χ0) is 10.4. The molecule has 0 radical (unpaired) electrons. The number of aliphatic hydroxyl groups is 1. The average molecular weight is 188 g/mol. The van der Waals surface area contributed by atoms with Gasteiger partial charge in [-0.1, -0.05) is 13.8 Å². The van der Waals surface area contributed by atoms with Crippen molar-refractivity contribution in [3.63, 3.8) is 0 Å². The Morgan fingerprint density at radius 1 is 1.38 bits per heavy atom. The quantitative estimate of drug-likeness (QED) is 0.639. The highest BCUT2D eigenvalue weighted by Gasteiger charge is 2.27. The topological polar surface area (TPSA) is 63.6 Å². The van der Waals surface area contributed by atoms with Crippen LogP contribution >= 0.6 is 0 Å². The van der Waals surface area contributed by atoms with E-state index in [0.29, 0.717) is 6.42 Å². The molecule has 0 rings (SSSR count). The summed E-state index contributed by atoms with van der Waals surface area (Å²) >= 11 is 0. The molecule has 0 fully saturated rings. The lowest BCUT2D eigenvalue weighted by atomic mass is 9.98. The highest BCUT2D eigenvalue weighted by atomic mass is 16.5. The smallest absolute Gasteiger partial charge is 0.335 e.